The van der Waals surface area contributed by atoms with Crippen LogP contribution in [0, 0.1) is 32.1 Å². The zero-order valence-corrected chi connectivity index (χ0v) is 13.4. The molecular weight excluding hydrogens is 276 g/mol. The highest BCUT2D eigenvalue weighted by atomic mass is 16.5. The molecule has 4 nitrogen and oxygen atoms in total. The van der Waals surface area contributed by atoms with Crippen LogP contribution >= 0.6 is 0 Å². The Morgan fingerprint density at radius 3 is 2.50 bits per heavy atom. The summed E-state index contributed by atoms with van der Waals surface area (Å²) < 4.78 is 10.8. The molecule has 0 aliphatic carbocycles. The SMILES string of the molecule is Cc1ccc(OCCCCC(C#N)c2c(C)noc2C)cc1. The van der Waals surface area contributed by atoms with E-state index in [1.54, 1.807) is 0 Å². The van der Waals surface area contributed by atoms with Crippen LogP contribution in [0.25, 0.3) is 0 Å². The van der Waals surface area contributed by atoms with E-state index in [4.69, 9.17) is 9.26 Å². The Morgan fingerprint density at radius 1 is 1.18 bits per heavy atom. The summed E-state index contributed by atoms with van der Waals surface area (Å²) in [7, 11) is 0. The third kappa shape index (κ3) is 4.11. The molecule has 1 aromatic carbocycles. The molecule has 0 N–H and O–H groups in total. The van der Waals surface area contributed by atoms with Gasteiger partial charge in [0, 0.05) is 5.56 Å². The number of nitrogens with zero attached hydrogens (tertiary/aromatic N) is 2. The van der Waals surface area contributed by atoms with Gasteiger partial charge in [-0.25, -0.2) is 0 Å². The summed E-state index contributed by atoms with van der Waals surface area (Å²) in [5.41, 5.74) is 2.99. The highest BCUT2D eigenvalue weighted by molar-refractivity contribution is 5.30. The van der Waals surface area contributed by atoms with E-state index in [-0.39, 0.29) is 5.92 Å². The maximum Gasteiger partial charge on any atom is 0.138 e. The van der Waals surface area contributed by atoms with Gasteiger partial charge in [-0.2, -0.15) is 5.26 Å². The molecule has 0 amide bonds. The molecule has 0 aliphatic heterocycles. The number of rotatable bonds is 7. The second kappa shape index (κ2) is 7.65. The first-order valence-electron chi connectivity index (χ1n) is 7.63. The molecule has 1 aromatic heterocycles. The van der Waals surface area contributed by atoms with Gasteiger partial charge in [-0.05, 0) is 52.2 Å². The van der Waals surface area contributed by atoms with E-state index in [0.29, 0.717) is 6.61 Å². The Kier molecular flexibility index (Phi) is 5.60. The maximum absolute atomic E-state index is 9.36. The van der Waals surface area contributed by atoms with Crippen LogP contribution < -0.4 is 4.74 Å². The first-order chi connectivity index (χ1) is 10.6. The molecule has 1 heterocycles. The number of nitriles is 1. The van der Waals surface area contributed by atoms with Crippen molar-refractivity contribution in [2.24, 2.45) is 0 Å². The monoisotopic (exact) mass is 298 g/mol. The van der Waals surface area contributed by atoms with E-state index >= 15 is 0 Å². The number of benzene rings is 1. The average Bonchev–Trinajstić information content (AvgIpc) is 2.84. The van der Waals surface area contributed by atoms with Crippen molar-refractivity contribution >= 4 is 0 Å². The second-order valence-corrected chi connectivity index (χ2v) is 5.58. The quantitative estimate of drug-likeness (QED) is 0.708. The van der Waals surface area contributed by atoms with Gasteiger partial charge in [0.2, 0.25) is 0 Å². The fraction of sp³-hybridized carbons (Fsp3) is 0.444. The second-order valence-electron chi connectivity index (χ2n) is 5.58. The maximum atomic E-state index is 9.36. The molecule has 0 fully saturated rings. The number of unbranched alkanes of at least 4 members (excludes halogenated alkanes) is 1. The van der Waals surface area contributed by atoms with Gasteiger partial charge < -0.3 is 9.26 Å². The molecule has 1 atom stereocenters. The first-order valence-corrected chi connectivity index (χ1v) is 7.63. The lowest BCUT2D eigenvalue weighted by atomic mass is 9.93. The van der Waals surface area contributed by atoms with Gasteiger partial charge in [0.1, 0.15) is 11.5 Å². The Balaban J connectivity index is 1.76. The van der Waals surface area contributed by atoms with E-state index in [1.807, 2.05) is 38.1 Å². The largest absolute Gasteiger partial charge is 0.494 e. The molecule has 0 saturated carbocycles. The summed E-state index contributed by atoms with van der Waals surface area (Å²) in [6.45, 7) is 6.47. The summed E-state index contributed by atoms with van der Waals surface area (Å²) in [6.07, 6.45) is 2.67. The number of ether oxygens (including phenoxy) is 1. The van der Waals surface area contributed by atoms with Crippen LogP contribution in [0.3, 0.4) is 0 Å². The molecule has 116 valence electrons. The molecule has 1 unspecified atom stereocenters. The van der Waals surface area contributed by atoms with Crippen molar-refractivity contribution in [1.82, 2.24) is 5.16 Å². The predicted molar refractivity (Wildman–Crippen MR) is 84.9 cm³/mol. The van der Waals surface area contributed by atoms with Gasteiger partial charge in [0.25, 0.3) is 0 Å². The smallest absolute Gasteiger partial charge is 0.138 e. The van der Waals surface area contributed by atoms with Gasteiger partial charge in [-0.1, -0.05) is 22.9 Å². The fourth-order valence-corrected chi connectivity index (χ4v) is 2.54. The molecule has 0 aliphatic rings. The Hall–Kier alpha value is -2.28. The number of hydrogen-bond donors (Lipinski definition) is 0. The Morgan fingerprint density at radius 2 is 1.91 bits per heavy atom. The van der Waals surface area contributed by atoms with Gasteiger partial charge in [-0.3, -0.25) is 0 Å². The van der Waals surface area contributed by atoms with Gasteiger partial charge >= 0.3 is 0 Å². The fourth-order valence-electron chi connectivity index (χ4n) is 2.54. The van der Waals surface area contributed by atoms with Gasteiger partial charge in [-0.15, -0.1) is 0 Å². The van der Waals surface area contributed by atoms with E-state index in [2.05, 4.69) is 18.1 Å². The normalized spacial score (nSPS) is 11.9. The van der Waals surface area contributed by atoms with Crippen LogP contribution in [-0.4, -0.2) is 11.8 Å². The molecule has 22 heavy (non-hydrogen) atoms. The van der Waals surface area contributed by atoms with E-state index in [0.717, 1.165) is 42.0 Å². The molecule has 4 heteroatoms. The zero-order chi connectivity index (χ0) is 15.9. The minimum Gasteiger partial charge on any atom is -0.494 e. The van der Waals surface area contributed by atoms with Crippen molar-refractivity contribution < 1.29 is 9.26 Å². The Bertz CT molecular complexity index is 619. The lowest BCUT2D eigenvalue weighted by Gasteiger charge is -2.09. The van der Waals surface area contributed by atoms with Crippen molar-refractivity contribution in [3.8, 4) is 11.8 Å². The molecular formula is C18H22N2O2. The minimum atomic E-state index is -0.148. The number of aromatic nitrogens is 1. The lowest BCUT2D eigenvalue weighted by Crippen LogP contribution is -2.02. The topological polar surface area (TPSA) is 59.0 Å². The molecule has 0 radical (unpaired) electrons. The summed E-state index contributed by atoms with van der Waals surface area (Å²) in [4.78, 5) is 0. The number of hydrogen-bond acceptors (Lipinski definition) is 4. The third-order valence-electron chi connectivity index (χ3n) is 3.77. The zero-order valence-electron chi connectivity index (χ0n) is 13.4. The van der Waals surface area contributed by atoms with E-state index in [1.165, 1.54) is 5.56 Å². The highest BCUT2D eigenvalue weighted by Gasteiger charge is 2.19. The Labute approximate surface area is 131 Å². The molecule has 0 bridgehead atoms. The van der Waals surface area contributed by atoms with Crippen molar-refractivity contribution in [2.75, 3.05) is 6.61 Å². The van der Waals surface area contributed by atoms with Gasteiger partial charge in [0.05, 0.1) is 24.3 Å². The highest BCUT2D eigenvalue weighted by Crippen LogP contribution is 2.27. The predicted octanol–water partition coefficient (Wildman–Crippen LogP) is 4.46. The number of aryl methyl sites for hydroxylation is 3. The van der Waals surface area contributed by atoms with Crippen molar-refractivity contribution in [1.29, 1.82) is 5.26 Å². The van der Waals surface area contributed by atoms with Crippen LogP contribution in [-0.2, 0) is 0 Å². The van der Waals surface area contributed by atoms with Gasteiger partial charge in [0.15, 0.2) is 0 Å². The molecule has 2 aromatic rings. The molecule has 0 spiro atoms. The van der Waals surface area contributed by atoms with E-state index in [9.17, 15) is 5.26 Å². The minimum absolute atomic E-state index is 0.148. The van der Waals surface area contributed by atoms with E-state index < -0.39 is 0 Å². The lowest BCUT2D eigenvalue weighted by molar-refractivity contribution is 0.304. The molecule has 0 saturated heterocycles. The molecule has 2 rings (SSSR count). The van der Waals surface area contributed by atoms with Crippen molar-refractivity contribution in [3.63, 3.8) is 0 Å². The van der Waals surface area contributed by atoms with Crippen molar-refractivity contribution in [3.05, 3.63) is 46.8 Å². The van der Waals surface area contributed by atoms with Crippen LogP contribution in [0.4, 0.5) is 0 Å². The van der Waals surface area contributed by atoms with Crippen molar-refractivity contribution in [2.45, 2.75) is 46.0 Å². The summed E-state index contributed by atoms with van der Waals surface area (Å²) in [5.74, 6) is 1.50. The standard InChI is InChI=1S/C18H22N2O2/c1-13-7-9-17(10-8-13)21-11-5-4-6-16(12-19)18-14(2)20-22-15(18)3/h7-10,16H,4-6,11H2,1-3H3. The summed E-state index contributed by atoms with van der Waals surface area (Å²) >= 11 is 0. The van der Waals surface area contributed by atoms with Crippen LogP contribution in [0.5, 0.6) is 5.75 Å². The third-order valence-corrected chi connectivity index (χ3v) is 3.77. The van der Waals surface area contributed by atoms with Crippen LogP contribution in [0.1, 0.15) is 47.8 Å². The summed E-state index contributed by atoms with van der Waals surface area (Å²) in [6, 6.07) is 10.4. The van der Waals surface area contributed by atoms with Crippen LogP contribution in [0.2, 0.25) is 0 Å². The summed E-state index contributed by atoms with van der Waals surface area (Å²) in [5, 5.41) is 13.3. The first kappa shape index (κ1) is 16.1. The average molecular weight is 298 g/mol. The van der Waals surface area contributed by atoms with Crippen LogP contribution in [0.15, 0.2) is 28.8 Å².